The van der Waals surface area contributed by atoms with Gasteiger partial charge in [-0.3, -0.25) is 14.9 Å². The van der Waals surface area contributed by atoms with Gasteiger partial charge in [0.1, 0.15) is 0 Å². The van der Waals surface area contributed by atoms with Crippen LogP contribution < -0.4 is 11.1 Å². The van der Waals surface area contributed by atoms with Gasteiger partial charge in [0.05, 0.1) is 4.92 Å². The smallest absolute Gasteiger partial charge is 0.272 e. The van der Waals surface area contributed by atoms with Crippen LogP contribution in [0.1, 0.15) is 28.8 Å². The van der Waals surface area contributed by atoms with Crippen LogP contribution in [0, 0.1) is 23.0 Å². The van der Waals surface area contributed by atoms with Gasteiger partial charge in [-0.05, 0) is 37.8 Å². The zero-order valence-corrected chi connectivity index (χ0v) is 10.8. The van der Waals surface area contributed by atoms with Crippen LogP contribution in [0.4, 0.5) is 5.69 Å². The SMILES string of the molecule is Cc1cc(C(=O)NCC(N)C2CC2)ccc1[N+](=O)[O-]. The van der Waals surface area contributed by atoms with E-state index in [1.165, 1.54) is 18.2 Å². The summed E-state index contributed by atoms with van der Waals surface area (Å²) in [4.78, 5) is 22.1. The summed E-state index contributed by atoms with van der Waals surface area (Å²) in [5, 5.41) is 13.5. The Bertz CT molecular complexity index is 512. The molecule has 1 fully saturated rings. The van der Waals surface area contributed by atoms with E-state index in [1.807, 2.05) is 0 Å². The molecule has 0 aromatic heterocycles. The molecule has 0 bridgehead atoms. The number of carbonyl (C=O) groups excluding carboxylic acids is 1. The lowest BCUT2D eigenvalue weighted by Gasteiger charge is -2.11. The Balaban J connectivity index is 1.98. The number of nitro groups is 1. The molecule has 1 aromatic rings. The quantitative estimate of drug-likeness (QED) is 0.619. The van der Waals surface area contributed by atoms with E-state index < -0.39 is 4.92 Å². The summed E-state index contributed by atoms with van der Waals surface area (Å²) in [7, 11) is 0. The predicted octanol–water partition coefficient (Wildman–Crippen LogP) is 1.37. The minimum atomic E-state index is -0.458. The maximum absolute atomic E-state index is 11.9. The molecule has 1 amide bonds. The minimum Gasteiger partial charge on any atom is -0.350 e. The van der Waals surface area contributed by atoms with E-state index in [0.29, 0.717) is 23.6 Å². The second kappa shape index (κ2) is 5.36. The molecule has 1 saturated carbocycles. The van der Waals surface area contributed by atoms with Crippen molar-refractivity contribution in [2.45, 2.75) is 25.8 Å². The Kier molecular flexibility index (Phi) is 3.80. The van der Waals surface area contributed by atoms with Crippen LogP contribution in [0.3, 0.4) is 0 Å². The number of nitrogens with one attached hydrogen (secondary N) is 1. The molecular weight excluding hydrogens is 246 g/mol. The molecule has 2 rings (SSSR count). The van der Waals surface area contributed by atoms with Crippen molar-refractivity contribution in [3.8, 4) is 0 Å². The molecule has 1 unspecified atom stereocenters. The van der Waals surface area contributed by atoms with E-state index in [2.05, 4.69) is 5.32 Å². The van der Waals surface area contributed by atoms with Crippen LogP contribution in [0.2, 0.25) is 0 Å². The van der Waals surface area contributed by atoms with Gasteiger partial charge in [-0.15, -0.1) is 0 Å². The molecule has 1 atom stereocenters. The molecule has 1 aliphatic rings. The van der Waals surface area contributed by atoms with E-state index in [0.717, 1.165) is 12.8 Å². The number of nitro benzene ring substituents is 1. The van der Waals surface area contributed by atoms with Crippen molar-refractivity contribution in [3.05, 3.63) is 39.4 Å². The number of hydrogen-bond donors (Lipinski definition) is 2. The van der Waals surface area contributed by atoms with Crippen molar-refractivity contribution < 1.29 is 9.72 Å². The lowest BCUT2D eigenvalue weighted by atomic mass is 10.1. The largest absolute Gasteiger partial charge is 0.350 e. The zero-order chi connectivity index (χ0) is 14.0. The van der Waals surface area contributed by atoms with Gasteiger partial charge >= 0.3 is 0 Å². The number of amides is 1. The summed E-state index contributed by atoms with van der Waals surface area (Å²) in [5.41, 5.74) is 6.81. The number of nitrogens with zero attached hydrogens (tertiary/aromatic N) is 1. The Labute approximate surface area is 111 Å². The average molecular weight is 263 g/mol. The molecule has 1 aromatic carbocycles. The molecule has 0 radical (unpaired) electrons. The summed E-state index contributed by atoms with van der Waals surface area (Å²) in [6.07, 6.45) is 2.27. The van der Waals surface area contributed by atoms with E-state index >= 15 is 0 Å². The molecule has 1 aliphatic carbocycles. The summed E-state index contributed by atoms with van der Waals surface area (Å²) in [6.45, 7) is 2.06. The fourth-order valence-corrected chi connectivity index (χ4v) is 2.01. The maximum atomic E-state index is 11.9. The van der Waals surface area contributed by atoms with E-state index in [4.69, 9.17) is 5.73 Å². The molecule has 3 N–H and O–H groups in total. The standard InChI is InChI=1S/C13H17N3O3/c1-8-6-10(4-5-12(8)16(18)19)13(17)15-7-11(14)9-2-3-9/h4-6,9,11H,2-3,7,14H2,1H3,(H,15,17). The highest BCUT2D eigenvalue weighted by atomic mass is 16.6. The van der Waals surface area contributed by atoms with Crippen molar-refractivity contribution >= 4 is 11.6 Å². The van der Waals surface area contributed by atoms with Gasteiger partial charge in [-0.25, -0.2) is 0 Å². The van der Waals surface area contributed by atoms with Crippen molar-refractivity contribution in [1.82, 2.24) is 5.32 Å². The molecule has 6 nitrogen and oxygen atoms in total. The number of nitrogens with two attached hydrogens (primary N) is 1. The third-order valence-electron chi connectivity index (χ3n) is 3.38. The Morgan fingerprint density at radius 3 is 2.79 bits per heavy atom. The average Bonchev–Trinajstić information content (AvgIpc) is 3.19. The first-order valence-corrected chi connectivity index (χ1v) is 6.28. The first-order chi connectivity index (χ1) is 8.99. The topological polar surface area (TPSA) is 98.3 Å². The third kappa shape index (κ3) is 3.29. The highest BCUT2D eigenvalue weighted by molar-refractivity contribution is 5.94. The van der Waals surface area contributed by atoms with Gasteiger partial charge in [-0.1, -0.05) is 0 Å². The van der Waals surface area contributed by atoms with Crippen LogP contribution >= 0.6 is 0 Å². The zero-order valence-electron chi connectivity index (χ0n) is 10.8. The molecule has 102 valence electrons. The van der Waals surface area contributed by atoms with Crippen molar-refractivity contribution in [3.63, 3.8) is 0 Å². The second-order valence-corrected chi connectivity index (χ2v) is 4.97. The Hall–Kier alpha value is -1.95. The van der Waals surface area contributed by atoms with Gasteiger partial charge in [0.2, 0.25) is 0 Å². The highest BCUT2D eigenvalue weighted by Crippen LogP contribution is 2.31. The summed E-state index contributed by atoms with van der Waals surface area (Å²) in [6, 6.07) is 4.34. The second-order valence-electron chi connectivity index (χ2n) is 4.97. The van der Waals surface area contributed by atoms with E-state index in [1.54, 1.807) is 6.92 Å². The molecular formula is C13H17N3O3. The molecule has 6 heteroatoms. The molecule has 0 heterocycles. The van der Waals surface area contributed by atoms with Crippen LogP contribution in [-0.4, -0.2) is 23.4 Å². The monoisotopic (exact) mass is 263 g/mol. The van der Waals surface area contributed by atoms with Crippen LogP contribution in [0.25, 0.3) is 0 Å². The van der Waals surface area contributed by atoms with Crippen molar-refractivity contribution in [1.29, 1.82) is 0 Å². The molecule has 0 saturated heterocycles. The van der Waals surface area contributed by atoms with Crippen LogP contribution in [0.15, 0.2) is 18.2 Å². The fraction of sp³-hybridized carbons (Fsp3) is 0.462. The lowest BCUT2D eigenvalue weighted by molar-refractivity contribution is -0.385. The first-order valence-electron chi connectivity index (χ1n) is 6.28. The predicted molar refractivity (Wildman–Crippen MR) is 70.9 cm³/mol. The van der Waals surface area contributed by atoms with Crippen molar-refractivity contribution in [2.75, 3.05) is 6.54 Å². The summed E-state index contributed by atoms with van der Waals surface area (Å²) in [5.74, 6) is 0.285. The summed E-state index contributed by atoms with van der Waals surface area (Å²) >= 11 is 0. The maximum Gasteiger partial charge on any atom is 0.272 e. The van der Waals surface area contributed by atoms with Crippen LogP contribution in [0.5, 0.6) is 0 Å². The molecule has 19 heavy (non-hydrogen) atoms. The third-order valence-corrected chi connectivity index (χ3v) is 3.38. The minimum absolute atomic E-state index is 0.00287. The van der Waals surface area contributed by atoms with Gasteiger partial charge in [-0.2, -0.15) is 0 Å². The van der Waals surface area contributed by atoms with Crippen molar-refractivity contribution in [2.24, 2.45) is 11.7 Å². The molecule has 0 spiro atoms. The van der Waals surface area contributed by atoms with E-state index in [-0.39, 0.29) is 17.6 Å². The number of benzene rings is 1. The highest BCUT2D eigenvalue weighted by Gasteiger charge is 2.28. The number of aryl methyl sites for hydroxylation is 1. The van der Waals surface area contributed by atoms with Gasteiger partial charge < -0.3 is 11.1 Å². The van der Waals surface area contributed by atoms with Gasteiger partial charge in [0.15, 0.2) is 0 Å². The number of carbonyl (C=O) groups is 1. The summed E-state index contributed by atoms with van der Waals surface area (Å²) < 4.78 is 0. The molecule has 0 aliphatic heterocycles. The Morgan fingerprint density at radius 2 is 2.26 bits per heavy atom. The number of hydrogen-bond acceptors (Lipinski definition) is 4. The fourth-order valence-electron chi connectivity index (χ4n) is 2.01. The lowest BCUT2D eigenvalue weighted by Crippen LogP contribution is -2.38. The van der Waals surface area contributed by atoms with E-state index in [9.17, 15) is 14.9 Å². The normalized spacial score (nSPS) is 15.9. The van der Waals surface area contributed by atoms with Gasteiger partial charge in [0.25, 0.3) is 11.6 Å². The Morgan fingerprint density at radius 1 is 1.58 bits per heavy atom. The number of rotatable bonds is 5. The van der Waals surface area contributed by atoms with Gasteiger partial charge in [0, 0.05) is 29.8 Å². The first kappa shape index (κ1) is 13.5. The van der Waals surface area contributed by atoms with Crippen LogP contribution in [-0.2, 0) is 0 Å².